The molecule has 0 aliphatic carbocycles. The summed E-state index contributed by atoms with van der Waals surface area (Å²) in [6.07, 6.45) is 4.62. The largest absolute Gasteiger partial charge is 0.390 e. The van der Waals surface area contributed by atoms with Gasteiger partial charge in [0.2, 0.25) is 5.91 Å². The van der Waals surface area contributed by atoms with Crippen molar-refractivity contribution in [3.8, 4) is 0 Å². The fraction of sp³-hybridized carbons (Fsp3) is 0.560. The molecule has 3 aliphatic heterocycles. The Hall–Kier alpha value is -2.49. The van der Waals surface area contributed by atoms with E-state index in [4.69, 9.17) is 0 Å². The Labute approximate surface area is 204 Å². The van der Waals surface area contributed by atoms with Gasteiger partial charge in [-0.2, -0.15) is 0 Å². The van der Waals surface area contributed by atoms with Crippen molar-refractivity contribution in [2.24, 2.45) is 0 Å². The summed E-state index contributed by atoms with van der Waals surface area (Å²) in [7, 11) is 0. The van der Waals surface area contributed by atoms with Gasteiger partial charge < -0.3 is 20.2 Å². The van der Waals surface area contributed by atoms with E-state index < -0.39 is 6.10 Å². The van der Waals surface area contributed by atoms with E-state index in [0.717, 1.165) is 57.0 Å². The summed E-state index contributed by atoms with van der Waals surface area (Å²) in [5.74, 6) is 0.0649. The first kappa shape index (κ1) is 23.3. The molecular formula is C25H33N5O3S. The molecule has 2 amide bonds. The van der Waals surface area contributed by atoms with E-state index in [2.05, 4.69) is 39.5 Å². The maximum atomic E-state index is 13.1. The normalized spacial score (nSPS) is 24.1. The number of benzene rings is 1. The lowest BCUT2D eigenvalue weighted by atomic mass is 9.94. The quantitative estimate of drug-likeness (QED) is 0.693. The Morgan fingerprint density at radius 2 is 1.79 bits per heavy atom. The van der Waals surface area contributed by atoms with Crippen molar-refractivity contribution in [3.63, 3.8) is 0 Å². The molecule has 5 rings (SSSR count). The van der Waals surface area contributed by atoms with Crippen LogP contribution in [0.5, 0.6) is 0 Å². The Morgan fingerprint density at radius 1 is 1.06 bits per heavy atom. The lowest BCUT2D eigenvalue weighted by Gasteiger charge is -2.43. The Morgan fingerprint density at radius 3 is 2.53 bits per heavy atom. The van der Waals surface area contributed by atoms with Crippen molar-refractivity contribution < 1.29 is 14.7 Å². The summed E-state index contributed by atoms with van der Waals surface area (Å²) >= 11 is 1.37. The molecule has 2 fully saturated rings. The highest BCUT2D eigenvalue weighted by atomic mass is 32.1. The summed E-state index contributed by atoms with van der Waals surface area (Å²) in [6, 6.07) is 8.87. The lowest BCUT2D eigenvalue weighted by Crippen LogP contribution is -2.56. The van der Waals surface area contributed by atoms with Crippen LogP contribution >= 0.6 is 11.3 Å². The molecule has 0 saturated carbocycles. The zero-order valence-corrected chi connectivity index (χ0v) is 20.5. The predicted molar refractivity (Wildman–Crippen MR) is 132 cm³/mol. The predicted octanol–water partition coefficient (Wildman–Crippen LogP) is 2.20. The third-order valence-corrected chi connectivity index (χ3v) is 8.36. The van der Waals surface area contributed by atoms with Gasteiger partial charge in [0.25, 0.3) is 5.91 Å². The SMILES string of the molecule is CC(=O)N1CCC(Nc2ncc(C(=O)N3CC[C@@H](N4CCc5ccccc5C4)[C@H](O)C3)s2)CC1. The number of thiazole rings is 1. The Kier molecular flexibility index (Phi) is 6.85. The Balaban J connectivity index is 1.14. The number of piperidine rings is 2. The van der Waals surface area contributed by atoms with Crippen molar-refractivity contribution >= 4 is 28.3 Å². The Bertz CT molecular complexity index is 1040. The van der Waals surface area contributed by atoms with Crippen LogP contribution < -0.4 is 5.32 Å². The molecule has 2 saturated heterocycles. The highest BCUT2D eigenvalue weighted by molar-refractivity contribution is 7.17. The van der Waals surface area contributed by atoms with Crippen LogP contribution in [0.4, 0.5) is 5.13 Å². The molecule has 2 aromatic rings. The van der Waals surface area contributed by atoms with E-state index in [1.54, 1.807) is 18.0 Å². The van der Waals surface area contributed by atoms with Gasteiger partial charge in [0, 0.05) is 58.3 Å². The molecule has 4 heterocycles. The van der Waals surface area contributed by atoms with Gasteiger partial charge >= 0.3 is 0 Å². The molecule has 182 valence electrons. The second kappa shape index (κ2) is 10.0. The number of likely N-dealkylation sites (tertiary alicyclic amines) is 2. The zero-order chi connectivity index (χ0) is 23.7. The minimum atomic E-state index is -0.556. The molecule has 2 atom stereocenters. The summed E-state index contributed by atoms with van der Waals surface area (Å²) in [6.45, 7) is 5.91. The second-order valence-electron chi connectivity index (χ2n) is 9.62. The summed E-state index contributed by atoms with van der Waals surface area (Å²) < 4.78 is 0. The van der Waals surface area contributed by atoms with E-state index >= 15 is 0 Å². The second-order valence-corrected chi connectivity index (χ2v) is 10.6. The van der Waals surface area contributed by atoms with Gasteiger partial charge in [0.15, 0.2) is 5.13 Å². The number of aromatic nitrogens is 1. The number of hydrogen-bond acceptors (Lipinski definition) is 7. The van der Waals surface area contributed by atoms with E-state index in [1.807, 2.05) is 4.90 Å². The number of aliphatic hydroxyl groups is 1. The van der Waals surface area contributed by atoms with E-state index in [1.165, 1.54) is 22.5 Å². The van der Waals surface area contributed by atoms with Crippen molar-refractivity contribution in [1.29, 1.82) is 0 Å². The summed E-state index contributed by atoms with van der Waals surface area (Å²) in [5.41, 5.74) is 2.75. The molecule has 0 bridgehead atoms. The van der Waals surface area contributed by atoms with Crippen LogP contribution in [0, 0.1) is 0 Å². The van der Waals surface area contributed by atoms with Gasteiger partial charge in [0.05, 0.1) is 12.3 Å². The first-order valence-corrected chi connectivity index (χ1v) is 13.1. The van der Waals surface area contributed by atoms with E-state index in [-0.39, 0.29) is 23.9 Å². The van der Waals surface area contributed by atoms with Crippen LogP contribution in [0.25, 0.3) is 0 Å². The molecule has 2 N–H and O–H groups in total. The maximum Gasteiger partial charge on any atom is 0.265 e. The topological polar surface area (TPSA) is 89.0 Å². The molecule has 3 aliphatic rings. The molecular weight excluding hydrogens is 450 g/mol. The molecule has 1 aromatic heterocycles. The minimum absolute atomic E-state index is 0.0570. The van der Waals surface area contributed by atoms with E-state index in [9.17, 15) is 14.7 Å². The van der Waals surface area contributed by atoms with Crippen LogP contribution in [0.2, 0.25) is 0 Å². The minimum Gasteiger partial charge on any atom is -0.390 e. The van der Waals surface area contributed by atoms with Crippen molar-refractivity contribution in [1.82, 2.24) is 19.7 Å². The van der Waals surface area contributed by atoms with E-state index in [0.29, 0.717) is 18.0 Å². The smallest absolute Gasteiger partial charge is 0.265 e. The van der Waals surface area contributed by atoms with Crippen molar-refractivity contribution in [2.75, 3.05) is 38.0 Å². The molecule has 34 heavy (non-hydrogen) atoms. The third-order valence-electron chi connectivity index (χ3n) is 7.45. The van der Waals surface area contributed by atoms with Crippen LogP contribution in [-0.4, -0.2) is 87.5 Å². The van der Waals surface area contributed by atoms with Gasteiger partial charge in [-0.15, -0.1) is 0 Å². The highest BCUT2D eigenvalue weighted by Crippen LogP contribution is 2.28. The molecule has 9 heteroatoms. The molecule has 8 nitrogen and oxygen atoms in total. The van der Waals surface area contributed by atoms with Crippen molar-refractivity contribution in [3.05, 3.63) is 46.5 Å². The van der Waals surface area contributed by atoms with Crippen LogP contribution in [0.3, 0.4) is 0 Å². The number of hydrogen-bond donors (Lipinski definition) is 2. The average Bonchev–Trinajstić information content (AvgIpc) is 3.32. The number of carbonyl (C=O) groups excluding carboxylic acids is 2. The monoisotopic (exact) mass is 483 g/mol. The van der Waals surface area contributed by atoms with Crippen LogP contribution in [-0.2, 0) is 17.8 Å². The number of aliphatic hydroxyl groups excluding tert-OH is 1. The van der Waals surface area contributed by atoms with Crippen molar-refractivity contribution in [2.45, 2.75) is 57.3 Å². The van der Waals surface area contributed by atoms with Crippen LogP contribution in [0.1, 0.15) is 47.0 Å². The number of nitrogens with zero attached hydrogens (tertiary/aromatic N) is 4. The summed E-state index contributed by atoms with van der Waals surface area (Å²) in [4.78, 5) is 35.6. The fourth-order valence-electron chi connectivity index (χ4n) is 5.44. The number of amides is 2. The highest BCUT2D eigenvalue weighted by Gasteiger charge is 2.36. The number of β-amino-alcohol motifs (C(OH)–C–C–N with tert-alkyl or cyclic N) is 1. The molecule has 0 radical (unpaired) electrons. The van der Waals surface area contributed by atoms with Gasteiger partial charge in [-0.1, -0.05) is 35.6 Å². The number of carbonyl (C=O) groups is 2. The molecule has 1 aromatic carbocycles. The molecule has 0 spiro atoms. The number of rotatable bonds is 4. The lowest BCUT2D eigenvalue weighted by molar-refractivity contribution is -0.129. The van der Waals surface area contributed by atoms with Gasteiger partial charge in [0.1, 0.15) is 4.88 Å². The summed E-state index contributed by atoms with van der Waals surface area (Å²) in [5, 5.41) is 15.1. The van der Waals surface area contributed by atoms with Gasteiger partial charge in [-0.25, -0.2) is 4.98 Å². The first-order valence-electron chi connectivity index (χ1n) is 12.2. The average molecular weight is 484 g/mol. The standard InChI is InChI=1S/C25H33N5O3S/c1-17(31)28-11-7-20(8-12-28)27-25-26-14-23(34-25)24(33)30-13-9-21(22(32)16-30)29-10-6-18-4-2-3-5-19(18)15-29/h2-5,14,20-22,32H,6-13,15-16H2,1H3,(H,26,27)/t21-,22-/m1/s1. The number of anilines is 1. The van der Waals surface area contributed by atoms with Crippen LogP contribution in [0.15, 0.2) is 30.5 Å². The molecule has 0 unspecified atom stereocenters. The van der Waals surface area contributed by atoms with Gasteiger partial charge in [-0.05, 0) is 36.8 Å². The first-order chi connectivity index (χ1) is 16.5. The van der Waals surface area contributed by atoms with Gasteiger partial charge in [-0.3, -0.25) is 14.5 Å². The fourth-order valence-corrected chi connectivity index (χ4v) is 6.30. The number of fused-ring (bicyclic) bond motifs is 1. The third kappa shape index (κ3) is 4.96. The maximum absolute atomic E-state index is 13.1. The zero-order valence-electron chi connectivity index (χ0n) is 19.7. The number of nitrogens with one attached hydrogen (secondary N) is 1.